The van der Waals surface area contributed by atoms with E-state index in [4.69, 9.17) is 4.42 Å². The molecule has 4 nitrogen and oxygen atoms in total. The summed E-state index contributed by atoms with van der Waals surface area (Å²) in [6.45, 7) is 51.0. The molecular weight excluding hydrogens is 982 g/mol. The van der Waals surface area contributed by atoms with Crippen molar-refractivity contribution < 1.29 is 4.42 Å². The van der Waals surface area contributed by atoms with Gasteiger partial charge in [0.05, 0.1) is 22.6 Å². The zero-order chi connectivity index (χ0) is 58.1. The van der Waals surface area contributed by atoms with Crippen LogP contribution in [0.4, 0.5) is 45.5 Å². The lowest BCUT2D eigenvalue weighted by Crippen LogP contribution is -2.64. The molecule has 0 spiro atoms. The zero-order valence-corrected chi connectivity index (χ0v) is 53.6. The summed E-state index contributed by atoms with van der Waals surface area (Å²) in [7, 11) is 0. The number of anilines is 8. The summed E-state index contributed by atoms with van der Waals surface area (Å²) < 4.78 is 7.91. The highest BCUT2D eigenvalue weighted by Gasteiger charge is 2.62. The Morgan fingerprint density at radius 1 is 0.481 bits per heavy atom. The van der Waals surface area contributed by atoms with Crippen LogP contribution in [-0.2, 0) is 43.3 Å². The van der Waals surface area contributed by atoms with Gasteiger partial charge < -0.3 is 19.1 Å². The number of furan rings is 1. The highest BCUT2D eigenvalue weighted by atomic mass is 16.3. The Balaban J connectivity index is 1.21. The Morgan fingerprint density at radius 2 is 1.00 bits per heavy atom. The second kappa shape index (κ2) is 17.0. The highest BCUT2D eigenvalue weighted by Crippen LogP contribution is 2.64. The van der Waals surface area contributed by atoms with Gasteiger partial charge in [-0.1, -0.05) is 180 Å². The molecule has 6 aliphatic rings. The summed E-state index contributed by atoms with van der Waals surface area (Å²) in [6, 6.07) is 37.9. The number of nitrogens with zero attached hydrogens (tertiary/aromatic N) is 3. The molecule has 0 bridgehead atoms. The van der Waals surface area contributed by atoms with E-state index >= 15 is 0 Å². The van der Waals surface area contributed by atoms with Gasteiger partial charge in [0.15, 0.2) is 0 Å². The van der Waals surface area contributed by atoms with Crippen LogP contribution in [0.1, 0.15) is 239 Å². The van der Waals surface area contributed by atoms with Crippen LogP contribution in [0.25, 0.3) is 11.0 Å². The SMILES string of the molecule is Cc1cc(C(C)(C)C)ccc1N(c1cc2c3c(c1)N1c4c(cc(C(C)(C)C)cc4C4(C)CCCCC14C)B3c1oc3cc4c(cc3c1N2c1ccc2c(c1)C(C)(C)CCC2(C)C)C(C)(C)CCC4(C)C)c1ccc(C(C)(C)C)cc1C. The fourth-order valence-electron chi connectivity index (χ4n) is 16.6. The van der Waals surface area contributed by atoms with Crippen molar-refractivity contribution in [3.8, 4) is 0 Å². The minimum atomic E-state index is -0.174. The van der Waals surface area contributed by atoms with E-state index < -0.39 is 0 Å². The maximum Gasteiger partial charge on any atom is 0.297 e. The molecule has 81 heavy (non-hydrogen) atoms. The van der Waals surface area contributed by atoms with Crippen molar-refractivity contribution in [1.82, 2.24) is 0 Å². The van der Waals surface area contributed by atoms with Crippen LogP contribution in [-0.4, -0.2) is 12.3 Å². The first-order valence-corrected chi connectivity index (χ1v) is 31.3. The first-order valence-electron chi connectivity index (χ1n) is 31.3. The molecule has 4 heterocycles. The molecule has 3 aliphatic heterocycles. The predicted octanol–water partition coefficient (Wildman–Crippen LogP) is 19.5. The maximum atomic E-state index is 7.91. The van der Waals surface area contributed by atoms with Crippen LogP contribution in [0.3, 0.4) is 0 Å². The van der Waals surface area contributed by atoms with Crippen molar-refractivity contribution >= 4 is 79.8 Å². The lowest BCUT2D eigenvalue weighted by atomic mass is 9.35. The average molecular weight is 1080 g/mol. The number of hydrogen-bond acceptors (Lipinski definition) is 4. The Bertz CT molecular complexity index is 3760. The molecule has 0 saturated heterocycles. The largest absolute Gasteiger partial charge is 0.468 e. The van der Waals surface area contributed by atoms with Gasteiger partial charge >= 0.3 is 0 Å². The summed E-state index contributed by atoms with van der Waals surface area (Å²) in [5.41, 5.74) is 28.8. The quantitative estimate of drug-likeness (QED) is 0.164. The van der Waals surface area contributed by atoms with E-state index in [0.717, 1.165) is 43.3 Å². The molecule has 0 amide bonds. The van der Waals surface area contributed by atoms with E-state index in [2.05, 4.69) is 251 Å². The third-order valence-corrected chi connectivity index (χ3v) is 22.4. The highest BCUT2D eigenvalue weighted by molar-refractivity contribution is 7.00. The summed E-state index contributed by atoms with van der Waals surface area (Å²) >= 11 is 0. The maximum absolute atomic E-state index is 7.91. The van der Waals surface area contributed by atoms with Crippen molar-refractivity contribution in [2.75, 3.05) is 14.7 Å². The minimum Gasteiger partial charge on any atom is -0.468 e. The molecular formula is C76H94BN3O. The van der Waals surface area contributed by atoms with Gasteiger partial charge in [-0.2, -0.15) is 0 Å². The predicted molar refractivity (Wildman–Crippen MR) is 349 cm³/mol. The van der Waals surface area contributed by atoms with Gasteiger partial charge in [-0.05, 0) is 212 Å². The van der Waals surface area contributed by atoms with Crippen LogP contribution in [0.5, 0.6) is 0 Å². The number of aryl methyl sites for hydroxylation is 2. The molecule has 0 N–H and O–H groups in total. The van der Waals surface area contributed by atoms with E-state index in [1.165, 1.54) is 137 Å². The van der Waals surface area contributed by atoms with Crippen LogP contribution in [0.2, 0.25) is 0 Å². The van der Waals surface area contributed by atoms with Gasteiger partial charge in [-0.25, -0.2) is 0 Å². The Morgan fingerprint density at radius 3 is 1.56 bits per heavy atom. The number of fused-ring (bicyclic) bond motifs is 11. The first-order chi connectivity index (χ1) is 37.6. The standard InChI is InChI=1S/C76H94BN3O/c1-45-36-47(68(3,4)5)24-28-59(45)78(60-29-25-48(37-46(60)2)69(6,7)8)51-41-61-64-62(42-51)80-66-57(75(20)30-22-23-31-76(75,80)21)38-49(70(9,10)11)39-58(66)77(64)67-65(52-43-55-56(44-63(52)81-67)74(18,19)35-34-73(55,16)17)79(61)50-26-27-53-54(40-50)72(14,15)33-32-71(53,12)13/h24-29,36-44H,22-23,30-35H2,1-21H3. The van der Waals surface area contributed by atoms with Gasteiger partial charge in [0.2, 0.25) is 0 Å². The topological polar surface area (TPSA) is 22.9 Å². The van der Waals surface area contributed by atoms with E-state index in [1.807, 2.05) is 0 Å². The monoisotopic (exact) mass is 1080 g/mol. The lowest BCUT2D eigenvalue weighted by Gasteiger charge is -2.52. The molecule has 2 atom stereocenters. The molecule has 7 aromatic rings. The zero-order valence-electron chi connectivity index (χ0n) is 53.6. The van der Waals surface area contributed by atoms with Gasteiger partial charge in [0.25, 0.3) is 6.71 Å². The summed E-state index contributed by atoms with van der Waals surface area (Å²) in [5, 5.41) is 1.22. The van der Waals surface area contributed by atoms with Crippen LogP contribution in [0, 0.1) is 13.8 Å². The molecule has 13 rings (SSSR count). The van der Waals surface area contributed by atoms with Crippen molar-refractivity contribution in [3.63, 3.8) is 0 Å². The van der Waals surface area contributed by atoms with Gasteiger partial charge in [-0.15, -0.1) is 0 Å². The van der Waals surface area contributed by atoms with E-state index in [1.54, 1.807) is 0 Å². The van der Waals surface area contributed by atoms with E-state index in [9.17, 15) is 0 Å². The Hall–Kier alpha value is -5.68. The second-order valence-corrected chi connectivity index (χ2v) is 32.8. The van der Waals surface area contributed by atoms with Crippen molar-refractivity contribution in [2.45, 2.75) is 246 Å². The molecule has 3 aliphatic carbocycles. The molecule has 1 aromatic heterocycles. The molecule has 0 radical (unpaired) electrons. The third-order valence-electron chi connectivity index (χ3n) is 22.4. The van der Waals surface area contributed by atoms with Gasteiger partial charge in [-0.3, -0.25) is 0 Å². The fraction of sp³-hybridized carbons (Fsp3) is 0.500. The van der Waals surface area contributed by atoms with Gasteiger partial charge in [0, 0.05) is 44.9 Å². The molecule has 6 aromatic carbocycles. The molecule has 422 valence electrons. The molecule has 1 fully saturated rings. The van der Waals surface area contributed by atoms with Gasteiger partial charge in [0.1, 0.15) is 5.58 Å². The summed E-state index contributed by atoms with van der Waals surface area (Å²) in [6.07, 6.45) is 9.37. The molecule has 1 saturated carbocycles. The van der Waals surface area contributed by atoms with E-state index in [-0.39, 0.29) is 55.6 Å². The minimum absolute atomic E-state index is 0.00758. The van der Waals surface area contributed by atoms with Crippen LogP contribution >= 0.6 is 0 Å². The fourth-order valence-corrected chi connectivity index (χ4v) is 16.6. The first kappa shape index (κ1) is 54.6. The smallest absolute Gasteiger partial charge is 0.297 e. The lowest BCUT2D eigenvalue weighted by molar-refractivity contribution is 0.195. The Kier molecular flexibility index (Phi) is 11.5. The normalized spacial score (nSPS) is 22.7. The average Bonchev–Trinajstić information content (AvgIpc) is 2.41. The third kappa shape index (κ3) is 7.80. The molecule has 2 unspecified atom stereocenters. The van der Waals surface area contributed by atoms with Crippen molar-refractivity contribution in [1.29, 1.82) is 0 Å². The van der Waals surface area contributed by atoms with Crippen LogP contribution in [0.15, 0.2) is 95.4 Å². The second-order valence-electron chi connectivity index (χ2n) is 32.8. The number of benzene rings is 6. The Labute approximate surface area is 488 Å². The number of hydrogen-bond donors (Lipinski definition) is 0. The summed E-state index contributed by atoms with van der Waals surface area (Å²) in [5.74, 6) is 0. The van der Waals surface area contributed by atoms with Crippen molar-refractivity contribution in [2.24, 2.45) is 0 Å². The van der Waals surface area contributed by atoms with Crippen molar-refractivity contribution in [3.05, 3.63) is 147 Å². The number of rotatable bonds is 4. The van der Waals surface area contributed by atoms with Crippen LogP contribution < -0.4 is 31.3 Å². The summed E-state index contributed by atoms with van der Waals surface area (Å²) in [4.78, 5) is 8.31. The van der Waals surface area contributed by atoms with E-state index in [0.29, 0.717) is 0 Å². The molecule has 5 heteroatoms.